The van der Waals surface area contributed by atoms with Gasteiger partial charge in [-0.15, -0.1) is 0 Å². The number of halogens is 2. The van der Waals surface area contributed by atoms with Crippen LogP contribution in [0, 0.1) is 18.7 Å². The van der Waals surface area contributed by atoms with Gasteiger partial charge in [0.25, 0.3) is 0 Å². The maximum Gasteiger partial charge on any atom is 0.341 e. The molecule has 30 heavy (non-hydrogen) atoms. The van der Waals surface area contributed by atoms with Crippen molar-refractivity contribution < 1.29 is 19.4 Å². The first-order chi connectivity index (χ1) is 14.1. The van der Waals surface area contributed by atoms with Crippen LogP contribution in [0.2, 0.25) is 5.02 Å². The molecule has 2 aromatic carbocycles. The number of carbonyl (C=O) groups is 1. The number of rotatable bonds is 6. The number of aliphatic hydroxyl groups excluding tert-OH is 1. The standard InChI is InChI=1S/C23H23ClFNO4/c1-12(2)20(11-27)26-10-17(23(29)30)22(28)16-9-15(13(3)7-19(16)26)8-14-5-4-6-18(24)21(14)25/h4-7,9-10,12,20,27H,8,11H2,1-3H3,(H,29,30). The second-order valence-corrected chi connectivity index (χ2v) is 8.17. The van der Waals surface area contributed by atoms with Crippen LogP contribution in [0.15, 0.2) is 41.3 Å². The third-order valence-corrected chi connectivity index (χ3v) is 5.74. The highest BCUT2D eigenvalue weighted by Gasteiger charge is 2.22. The van der Waals surface area contributed by atoms with E-state index in [1.165, 1.54) is 12.3 Å². The highest BCUT2D eigenvalue weighted by molar-refractivity contribution is 6.30. The lowest BCUT2D eigenvalue weighted by Crippen LogP contribution is -2.25. The molecular weight excluding hydrogens is 409 g/mol. The first-order valence-electron chi connectivity index (χ1n) is 9.61. The van der Waals surface area contributed by atoms with Gasteiger partial charge in [0.1, 0.15) is 11.4 Å². The molecule has 0 amide bonds. The normalized spacial score (nSPS) is 12.5. The van der Waals surface area contributed by atoms with Crippen LogP contribution in [-0.4, -0.2) is 27.4 Å². The topological polar surface area (TPSA) is 79.5 Å². The molecule has 0 aliphatic carbocycles. The summed E-state index contributed by atoms with van der Waals surface area (Å²) in [6.07, 6.45) is 1.50. The van der Waals surface area contributed by atoms with Crippen molar-refractivity contribution >= 4 is 28.5 Å². The monoisotopic (exact) mass is 431 g/mol. The lowest BCUT2D eigenvalue weighted by atomic mass is 9.96. The summed E-state index contributed by atoms with van der Waals surface area (Å²) < 4.78 is 16.0. The Balaban J connectivity index is 2.28. The quantitative estimate of drug-likeness (QED) is 0.598. The van der Waals surface area contributed by atoms with Crippen LogP contribution in [0.4, 0.5) is 4.39 Å². The first kappa shape index (κ1) is 22.0. The fourth-order valence-electron chi connectivity index (χ4n) is 3.67. The average molecular weight is 432 g/mol. The Morgan fingerprint density at radius 3 is 2.53 bits per heavy atom. The van der Waals surface area contributed by atoms with E-state index in [1.807, 2.05) is 20.8 Å². The van der Waals surface area contributed by atoms with E-state index in [0.29, 0.717) is 16.6 Å². The summed E-state index contributed by atoms with van der Waals surface area (Å²) in [6.45, 7) is 5.46. The molecule has 1 aromatic heterocycles. The molecule has 0 bridgehead atoms. The van der Waals surface area contributed by atoms with Gasteiger partial charge in [0.2, 0.25) is 5.43 Å². The molecule has 0 saturated heterocycles. The van der Waals surface area contributed by atoms with Crippen molar-refractivity contribution in [1.29, 1.82) is 0 Å². The summed E-state index contributed by atoms with van der Waals surface area (Å²) in [5.41, 5.74) is 1.45. The number of hydrogen-bond acceptors (Lipinski definition) is 3. The van der Waals surface area contributed by atoms with Crippen molar-refractivity contribution in [2.75, 3.05) is 6.61 Å². The molecule has 1 unspecified atom stereocenters. The molecular formula is C23H23ClFNO4. The van der Waals surface area contributed by atoms with Crippen molar-refractivity contribution in [3.8, 4) is 0 Å². The molecule has 3 rings (SSSR count). The van der Waals surface area contributed by atoms with Gasteiger partial charge >= 0.3 is 5.97 Å². The summed E-state index contributed by atoms with van der Waals surface area (Å²) >= 11 is 5.88. The lowest BCUT2D eigenvalue weighted by Gasteiger charge is -2.25. The molecule has 3 aromatic rings. The van der Waals surface area contributed by atoms with Crippen molar-refractivity contribution in [3.63, 3.8) is 0 Å². The second-order valence-electron chi connectivity index (χ2n) is 7.76. The van der Waals surface area contributed by atoms with Gasteiger partial charge in [0.05, 0.1) is 23.2 Å². The van der Waals surface area contributed by atoms with Crippen molar-refractivity contribution in [3.05, 3.63) is 79.8 Å². The molecule has 0 aliphatic heterocycles. The zero-order valence-corrected chi connectivity index (χ0v) is 17.7. The molecule has 0 radical (unpaired) electrons. The molecule has 1 atom stereocenters. The number of carboxylic acids is 1. The van der Waals surface area contributed by atoms with E-state index in [0.717, 1.165) is 5.56 Å². The summed E-state index contributed by atoms with van der Waals surface area (Å²) in [5.74, 6) is -1.85. The summed E-state index contributed by atoms with van der Waals surface area (Å²) in [7, 11) is 0. The SMILES string of the molecule is Cc1cc2c(cc1Cc1cccc(Cl)c1F)c(=O)c(C(=O)O)cn2C(CO)C(C)C. The van der Waals surface area contributed by atoms with Crippen LogP contribution in [0.1, 0.15) is 46.9 Å². The number of hydrogen-bond donors (Lipinski definition) is 2. The number of aliphatic hydroxyl groups is 1. The van der Waals surface area contributed by atoms with Gasteiger partial charge in [0.15, 0.2) is 0 Å². The van der Waals surface area contributed by atoms with E-state index >= 15 is 0 Å². The molecule has 0 spiro atoms. The van der Waals surface area contributed by atoms with Crippen LogP contribution in [-0.2, 0) is 6.42 Å². The number of benzene rings is 2. The molecule has 0 fully saturated rings. The van der Waals surface area contributed by atoms with Crippen LogP contribution >= 0.6 is 11.6 Å². The van der Waals surface area contributed by atoms with Gasteiger partial charge in [-0.05, 0) is 47.7 Å². The number of aromatic nitrogens is 1. The highest BCUT2D eigenvalue weighted by atomic mass is 35.5. The summed E-state index contributed by atoms with van der Waals surface area (Å²) in [6, 6.07) is 7.74. The van der Waals surface area contributed by atoms with Gasteiger partial charge in [-0.2, -0.15) is 0 Å². The predicted octanol–water partition coefficient (Wildman–Crippen LogP) is 4.58. The predicted molar refractivity (Wildman–Crippen MR) is 115 cm³/mol. The Bertz CT molecular complexity index is 1190. The number of aryl methyl sites for hydroxylation is 1. The van der Waals surface area contributed by atoms with Gasteiger partial charge in [-0.3, -0.25) is 4.79 Å². The second kappa shape index (κ2) is 8.58. The molecule has 5 nitrogen and oxygen atoms in total. The summed E-state index contributed by atoms with van der Waals surface area (Å²) in [5, 5.41) is 19.6. The van der Waals surface area contributed by atoms with Crippen LogP contribution < -0.4 is 5.43 Å². The highest BCUT2D eigenvalue weighted by Crippen LogP contribution is 2.27. The number of fused-ring (bicyclic) bond motifs is 1. The Morgan fingerprint density at radius 2 is 1.93 bits per heavy atom. The zero-order valence-electron chi connectivity index (χ0n) is 16.9. The fraction of sp³-hybridized carbons (Fsp3) is 0.304. The maximum atomic E-state index is 14.4. The Labute approximate surface area is 178 Å². The Hall–Kier alpha value is -2.70. The van der Waals surface area contributed by atoms with Crippen LogP contribution in [0.5, 0.6) is 0 Å². The molecule has 158 valence electrons. The minimum atomic E-state index is -1.33. The van der Waals surface area contributed by atoms with E-state index in [4.69, 9.17) is 11.6 Å². The van der Waals surface area contributed by atoms with E-state index < -0.39 is 23.3 Å². The van der Waals surface area contributed by atoms with Crippen LogP contribution in [0.3, 0.4) is 0 Å². The third kappa shape index (κ3) is 3.98. The number of pyridine rings is 1. The maximum absolute atomic E-state index is 14.4. The molecule has 1 heterocycles. The first-order valence-corrected chi connectivity index (χ1v) is 9.98. The van der Waals surface area contributed by atoms with Gasteiger partial charge in [-0.1, -0.05) is 37.6 Å². The molecule has 0 saturated carbocycles. The Morgan fingerprint density at radius 1 is 1.23 bits per heavy atom. The Kier molecular flexibility index (Phi) is 6.29. The van der Waals surface area contributed by atoms with E-state index in [1.54, 1.807) is 28.8 Å². The van der Waals surface area contributed by atoms with E-state index in [2.05, 4.69) is 0 Å². The average Bonchev–Trinajstić information content (AvgIpc) is 2.68. The minimum absolute atomic E-state index is 0.00267. The zero-order chi connectivity index (χ0) is 22.2. The third-order valence-electron chi connectivity index (χ3n) is 5.45. The number of aromatic carboxylic acids is 1. The van der Waals surface area contributed by atoms with Crippen LogP contribution in [0.25, 0.3) is 10.9 Å². The molecule has 0 aliphatic rings. The number of nitrogens with zero attached hydrogens (tertiary/aromatic N) is 1. The van der Waals surface area contributed by atoms with Crippen molar-refractivity contribution in [1.82, 2.24) is 4.57 Å². The minimum Gasteiger partial charge on any atom is -0.477 e. The lowest BCUT2D eigenvalue weighted by molar-refractivity contribution is 0.0694. The van der Waals surface area contributed by atoms with Gasteiger partial charge < -0.3 is 14.8 Å². The molecule has 7 heteroatoms. The van der Waals surface area contributed by atoms with Crippen molar-refractivity contribution in [2.24, 2.45) is 5.92 Å². The fourth-order valence-corrected chi connectivity index (χ4v) is 3.87. The van der Waals surface area contributed by atoms with E-state index in [-0.39, 0.29) is 34.9 Å². The summed E-state index contributed by atoms with van der Waals surface area (Å²) in [4.78, 5) is 24.6. The number of carboxylic acid groups (broad SMARTS) is 1. The largest absolute Gasteiger partial charge is 0.477 e. The van der Waals surface area contributed by atoms with Gasteiger partial charge in [0, 0.05) is 18.0 Å². The van der Waals surface area contributed by atoms with E-state index in [9.17, 15) is 24.2 Å². The van der Waals surface area contributed by atoms with Gasteiger partial charge in [-0.25, -0.2) is 9.18 Å². The smallest absolute Gasteiger partial charge is 0.341 e. The molecule has 2 N–H and O–H groups in total. The van der Waals surface area contributed by atoms with Crippen molar-refractivity contribution in [2.45, 2.75) is 33.2 Å².